The predicted octanol–water partition coefficient (Wildman–Crippen LogP) is 7.13. The summed E-state index contributed by atoms with van der Waals surface area (Å²) in [6.07, 6.45) is -4.54. The summed E-state index contributed by atoms with van der Waals surface area (Å²) in [6.45, 7) is 0. The third-order valence-electron chi connectivity index (χ3n) is 5.23. The molecule has 156 valence electrons. The number of hydrogen-bond donors (Lipinski definition) is 2. The minimum absolute atomic E-state index is 0.0475. The molecule has 4 rings (SSSR count). The molecule has 4 aromatic rings. The van der Waals surface area contributed by atoms with Crippen LogP contribution in [0.2, 0.25) is 0 Å². The highest BCUT2D eigenvalue weighted by molar-refractivity contribution is 5.74. The summed E-state index contributed by atoms with van der Waals surface area (Å²) < 4.78 is 43.6. The molecule has 0 aliphatic carbocycles. The third kappa shape index (κ3) is 4.26. The molecular weight excluding hydrogens is 401 g/mol. The number of benzene rings is 4. The van der Waals surface area contributed by atoms with Gasteiger partial charge >= 0.3 is 6.18 Å². The number of alkyl halides is 3. The smallest absolute Gasteiger partial charge is 0.399 e. The van der Waals surface area contributed by atoms with Gasteiger partial charge in [0.2, 0.25) is 0 Å². The Morgan fingerprint density at radius 2 is 0.871 bits per heavy atom. The fraction of sp³-hybridized carbons (Fsp3) is 0.0769. The number of rotatable bonds is 4. The second-order valence-electron chi connectivity index (χ2n) is 7.24. The maximum Gasteiger partial charge on any atom is 0.399 e. The van der Waals surface area contributed by atoms with Crippen LogP contribution in [0.3, 0.4) is 0 Å². The molecule has 0 heterocycles. The molecule has 0 aliphatic rings. The van der Waals surface area contributed by atoms with Crippen molar-refractivity contribution in [3.8, 4) is 33.8 Å². The average Bonchev–Trinajstić information content (AvgIpc) is 2.75. The lowest BCUT2D eigenvalue weighted by Gasteiger charge is -2.26. The second-order valence-corrected chi connectivity index (χ2v) is 7.24. The summed E-state index contributed by atoms with van der Waals surface area (Å²) in [6, 6.07) is 25.1. The van der Waals surface area contributed by atoms with Crippen molar-refractivity contribution in [1.29, 1.82) is 0 Å². The minimum atomic E-state index is -4.54. The summed E-state index contributed by atoms with van der Waals surface area (Å²) in [5, 5.41) is 19.1. The topological polar surface area (TPSA) is 40.5 Å². The van der Waals surface area contributed by atoms with E-state index in [4.69, 9.17) is 0 Å². The van der Waals surface area contributed by atoms with Gasteiger partial charge in [0.1, 0.15) is 17.4 Å². The molecule has 0 fully saturated rings. The molecule has 0 aliphatic heterocycles. The van der Waals surface area contributed by atoms with Crippen LogP contribution in [-0.2, 0) is 0 Å². The lowest BCUT2D eigenvalue weighted by Crippen LogP contribution is -2.23. The summed E-state index contributed by atoms with van der Waals surface area (Å²) in [4.78, 5) is 0. The van der Waals surface area contributed by atoms with Crippen LogP contribution in [0.5, 0.6) is 11.5 Å². The normalized spacial score (nSPS) is 11.6. The zero-order chi connectivity index (χ0) is 22.0. The van der Waals surface area contributed by atoms with Gasteiger partial charge in [0, 0.05) is 0 Å². The Bertz CT molecular complexity index is 1090. The van der Waals surface area contributed by atoms with Gasteiger partial charge in [-0.25, -0.2) is 0 Å². The van der Waals surface area contributed by atoms with Gasteiger partial charge in [0.05, 0.1) is 0 Å². The van der Waals surface area contributed by atoms with E-state index < -0.39 is 12.1 Å². The minimum Gasteiger partial charge on any atom is -0.508 e. The molecule has 2 nitrogen and oxygen atoms in total. The first kappa shape index (κ1) is 20.5. The monoisotopic (exact) mass is 420 g/mol. The maximum atomic E-state index is 14.5. The molecule has 0 atom stereocenters. The Labute approximate surface area is 177 Å². The summed E-state index contributed by atoms with van der Waals surface area (Å²) in [5.41, 5.74) is 2.34. The molecule has 2 N–H and O–H groups in total. The molecule has 0 radical (unpaired) electrons. The van der Waals surface area contributed by atoms with Crippen molar-refractivity contribution in [2.24, 2.45) is 0 Å². The quantitative estimate of drug-likeness (QED) is 0.369. The van der Waals surface area contributed by atoms with E-state index in [9.17, 15) is 23.4 Å². The van der Waals surface area contributed by atoms with Gasteiger partial charge in [-0.05, 0) is 57.6 Å². The van der Waals surface area contributed by atoms with Crippen molar-refractivity contribution in [2.75, 3.05) is 0 Å². The number of aromatic hydroxyl groups is 2. The van der Waals surface area contributed by atoms with Crippen LogP contribution in [0.15, 0.2) is 97.1 Å². The largest absolute Gasteiger partial charge is 0.508 e. The Balaban J connectivity index is 1.93. The summed E-state index contributed by atoms with van der Waals surface area (Å²) >= 11 is 0. The fourth-order valence-electron chi connectivity index (χ4n) is 3.83. The van der Waals surface area contributed by atoms with Gasteiger partial charge in [0.15, 0.2) is 0 Å². The van der Waals surface area contributed by atoms with Crippen molar-refractivity contribution in [3.63, 3.8) is 0 Å². The van der Waals surface area contributed by atoms with Crippen molar-refractivity contribution in [1.82, 2.24) is 0 Å². The van der Waals surface area contributed by atoms with Gasteiger partial charge in [-0.3, -0.25) is 0 Å². The van der Waals surface area contributed by atoms with E-state index in [0.29, 0.717) is 22.3 Å². The molecule has 4 aromatic carbocycles. The van der Waals surface area contributed by atoms with E-state index in [-0.39, 0.29) is 22.6 Å². The van der Waals surface area contributed by atoms with Gasteiger partial charge in [-0.2, -0.15) is 13.2 Å². The van der Waals surface area contributed by atoms with Crippen molar-refractivity contribution in [2.45, 2.75) is 12.1 Å². The first-order chi connectivity index (χ1) is 14.8. The molecule has 0 amide bonds. The van der Waals surface area contributed by atoms with E-state index in [1.807, 2.05) is 0 Å². The van der Waals surface area contributed by atoms with Gasteiger partial charge in [-0.1, -0.05) is 72.8 Å². The first-order valence-corrected chi connectivity index (χ1v) is 9.68. The Kier molecular flexibility index (Phi) is 5.42. The summed E-state index contributed by atoms with van der Waals surface area (Å²) in [5.74, 6) is -1.76. The molecule has 0 aromatic heterocycles. The predicted molar refractivity (Wildman–Crippen MR) is 115 cm³/mol. The lowest BCUT2D eigenvalue weighted by molar-refractivity contribution is -0.140. The standard InChI is InChI=1S/C26H19F3O2/c27-26(28,29)25(23-7-3-1-5-21(23)17-9-13-19(30)14-10-17)24-8-4-2-6-22(24)18-11-15-20(31)16-12-18/h1-16,25,30-31H. The van der Waals surface area contributed by atoms with E-state index in [1.54, 1.807) is 60.7 Å². The Morgan fingerprint density at radius 3 is 1.23 bits per heavy atom. The van der Waals surface area contributed by atoms with Crippen LogP contribution in [0.25, 0.3) is 22.3 Å². The SMILES string of the molecule is Oc1ccc(-c2ccccc2C(c2ccccc2-c2ccc(O)cc2)C(F)(F)F)cc1. The molecule has 0 spiro atoms. The third-order valence-corrected chi connectivity index (χ3v) is 5.23. The maximum absolute atomic E-state index is 14.5. The van der Waals surface area contributed by atoms with Crippen LogP contribution >= 0.6 is 0 Å². The highest BCUT2D eigenvalue weighted by Crippen LogP contribution is 2.46. The van der Waals surface area contributed by atoms with Crippen LogP contribution in [0.1, 0.15) is 17.0 Å². The van der Waals surface area contributed by atoms with Crippen LogP contribution in [0, 0.1) is 0 Å². The Morgan fingerprint density at radius 1 is 0.516 bits per heavy atom. The van der Waals surface area contributed by atoms with Crippen molar-refractivity contribution in [3.05, 3.63) is 108 Å². The number of halogens is 3. The van der Waals surface area contributed by atoms with E-state index in [0.717, 1.165) is 0 Å². The number of phenols is 2. The highest BCUT2D eigenvalue weighted by atomic mass is 19.4. The van der Waals surface area contributed by atoms with Crippen molar-refractivity contribution >= 4 is 0 Å². The molecule has 0 bridgehead atoms. The first-order valence-electron chi connectivity index (χ1n) is 9.68. The molecular formula is C26H19F3O2. The number of phenolic OH excluding ortho intramolecular Hbond substituents is 2. The van der Waals surface area contributed by atoms with E-state index >= 15 is 0 Å². The Hall–Kier alpha value is -3.73. The van der Waals surface area contributed by atoms with Crippen molar-refractivity contribution < 1.29 is 23.4 Å². The number of hydrogen-bond acceptors (Lipinski definition) is 2. The average molecular weight is 420 g/mol. The zero-order valence-corrected chi connectivity index (χ0v) is 16.3. The van der Waals surface area contributed by atoms with Crippen LogP contribution in [0.4, 0.5) is 13.2 Å². The van der Waals surface area contributed by atoms with Gasteiger partial charge in [-0.15, -0.1) is 0 Å². The van der Waals surface area contributed by atoms with E-state index in [1.165, 1.54) is 36.4 Å². The molecule has 5 heteroatoms. The second kappa shape index (κ2) is 8.19. The molecule has 0 saturated heterocycles. The van der Waals surface area contributed by atoms with Gasteiger partial charge < -0.3 is 10.2 Å². The molecule has 0 unspecified atom stereocenters. The van der Waals surface area contributed by atoms with Crippen LogP contribution in [-0.4, -0.2) is 16.4 Å². The lowest BCUT2D eigenvalue weighted by atomic mass is 9.82. The van der Waals surface area contributed by atoms with Crippen LogP contribution < -0.4 is 0 Å². The summed E-state index contributed by atoms with van der Waals surface area (Å²) in [7, 11) is 0. The van der Waals surface area contributed by atoms with E-state index in [2.05, 4.69) is 0 Å². The fourth-order valence-corrected chi connectivity index (χ4v) is 3.83. The highest BCUT2D eigenvalue weighted by Gasteiger charge is 2.44. The molecule has 31 heavy (non-hydrogen) atoms. The van der Waals surface area contributed by atoms with Gasteiger partial charge in [0.25, 0.3) is 0 Å². The zero-order valence-electron chi connectivity index (χ0n) is 16.3. The molecule has 0 saturated carbocycles.